The molecule has 0 saturated carbocycles. The van der Waals surface area contributed by atoms with Crippen LogP contribution in [0.4, 0.5) is 17.2 Å². The fourth-order valence-corrected chi connectivity index (χ4v) is 4.19. The van der Waals surface area contributed by atoms with Gasteiger partial charge in [0.2, 0.25) is 0 Å². The molecule has 0 aliphatic rings. The Hall–Kier alpha value is -3.53. The van der Waals surface area contributed by atoms with Gasteiger partial charge in [0, 0.05) is 41.4 Å². The number of thiocarbonyl (C=S) groups is 1. The Labute approximate surface area is 208 Å². The van der Waals surface area contributed by atoms with Gasteiger partial charge < -0.3 is 21.1 Å². The highest BCUT2D eigenvalue weighted by molar-refractivity contribution is 7.98. The quantitative estimate of drug-likeness (QED) is 0.199. The van der Waals surface area contributed by atoms with Crippen LogP contribution in [0.15, 0.2) is 84.0 Å². The van der Waals surface area contributed by atoms with Crippen molar-refractivity contribution in [3.05, 3.63) is 79.1 Å². The maximum Gasteiger partial charge on any atom is 0.175 e. The van der Waals surface area contributed by atoms with E-state index in [4.69, 9.17) is 22.2 Å². The standard InChI is InChI=1S/C25H24N6OS2/c1-34-22-21(17-11-13-26-14-12-17)30-23(31-24(22)27-15-16-32)18-7-9-20(10-8-18)29-25(33)28-19-5-3-2-4-6-19/h2-14,32H,15-16H2,1H3,(H,27,30,31)(H2,28,29,33). The third kappa shape index (κ3) is 5.88. The SMILES string of the molecule is CSc1c(NCCO)nc(-c2ccc(NC(=S)Nc3ccccc3)cc2)nc1-c1ccncc1. The first kappa shape index (κ1) is 23.6. The first-order valence-corrected chi connectivity index (χ1v) is 12.3. The molecule has 2 aromatic heterocycles. The second kappa shape index (κ2) is 11.6. The zero-order valence-corrected chi connectivity index (χ0v) is 20.2. The van der Waals surface area contributed by atoms with Gasteiger partial charge in [-0.15, -0.1) is 11.8 Å². The molecule has 0 spiro atoms. The van der Waals surface area contributed by atoms with Gasteiger partial charge in [-0.05, 0) is 67.0 Å². The van der Waals surface area contributed by atoms with E-state index in [0.717, 1.165) is 33.1 Å². The molecule has 0 aliphatic heterocycles. The number of rotatable bonds is 8. The number of aromatic nitrogens is 3. The summed E-state index contributed by atoms with van der Waals surface area (Å²) in [4.78, 5) is 14.7. The fourth-order valence-electron chi connectivity index (χ4n) is 3.29. The van der Waals surface area contributed by atoms with Crippen molar-refractivity contribution < 1.29 is 5.11 Å². The van der Waals surface area contributed by atoms with Gasteiger partial charge in [-0.2, -0.15) is 0 Å². The Bertz CT molecular complexity index is 1240. The van der Waals surface area contributed by atoms with Crippen LogP contribution in [0.3, 0.4) is 0 Å². The van der Waals surface area contributed by atoms with Crippen LogP contribution in [0.1, 0.15) is 0 Å². The van der Waals surface area contributed by atoms with Gasteiger partial charge in [0.05, 0.1) is 17.2 Å². The molecule has 0 saturated heterocycles. The number of aliphatic hydroxyl groups excluding tert-OH is 1. The first-order chi connectivity index (χ1) is 16.7. The van der Waals surface area contributed by atoms with Crippen molar-refractivity contribution in [3.8, 4) is 22.6 Å². The molecule has 0 aliphatic carbocycles. The van der Waals surface area contributed by atoms with E-state index in [2.05, 4.69) is 20.9 Å². The van der Waals surface area contributed by atoms with Crippen molar-refractivity contribution in [2.75, 3.05) is 35.4 Å². The van der Waals surface area contributed by atoms with Gasteiger partial charge in [-0.1, -0.05) is 18.2 Å². The second-order valence-electron chi connectivity index (χ2n) is 7.19. The molecule has 4 N–H and O–H groups in total. The zero-order chi connectivity index (χ0) is 23.8. The number of thioether (sulfide) groups is 1. The number of pyridine rings is 1. The summed E-state index contributed by atoms with van der Waals surface area (Å²) in [7, 11) is 0. The summed E-state index contributed by atoms with van der Waals surface area (Å²) < 4.78 is 0. The highest BCUT2D eigenvalue weighted by Crippen LogP contribution is 2.35. The molecule has 2 heterocycles. The molecule has 0 bridgehead atoms. The van der Waals surface area contributed by atoms with Gasteiger partial charge >= 0.3 is 0 Å². The van der Waals surface area contributed by atoms with E-state index >= 15 is 0 Å². The number of hydrogen-bond acceptors (Lipinski definition) is 7. The smallest absolute Gasteiger partial charge is 0.175 e. The highest BCUT2D eigenvalue weighted by Gasteiger charge is 2.16. The maximum atomic E-state index is 9.32. The number of aliphatic hydroxyl groups is 1. The fraction of sp³-hybridized carbons (Fsp3) is 0.120. The third-order valence-electron chi connectivity index (χ3n) is 4.86. The molecule has 0 amide bonds. The zero-order valence-electron chi connectivity index (χ0n) is 18.5. The molecule has 2 aromatic carbocycles. The topological polar surface area (TPSA) is 95.0 Å². The maximum absolute atomic E-state index is 9.32. The molecule has 7 nitrogen and oxygen atoms in total. The summed E-state index contributed by atoms with van der Waals surface area (Å²) in [6, 6.07) is 21.4. The molecule has 0 fully saturated rings. The van der Waals surface area contributed by atoms with Gasteiger partial charge in [0.15, 0.2) is 10.9 Å². The predicted octanol–water partition coefficient (Wildman–Crippen LogP) is 5.14. The molecule has 9 heteroatoms. The number of nitrogens with zero attached hydrogens (tertiary/aromatic N) is 3. The minimum absolute atomic E-state index is 0.00897. The largest absolute Gasteiger partial charge is 0.395 e. The van der Waals surface area contributed by atoms with E-state index in [1.807, 2.05) is 73.0 Å². The molecule has 34 heavy (non-hydrogen) atoms. The molecule has 0 unspecified atom stereocenters. The molecular weight excluding hydrogens is 464 g/mol. The Morgan fingerprint density at radius 1 is 0.882 bits per heavy atom. The van der Waals surface area contributed by atoms with E-state index in [0.29, 0.717) is 23.3 Å². The van der Waals surface area contributed by atoms with Crippen LogP contribution in [0.5, 0.6) is 0 Å². The van der Waals surface area contributed by atoms with Gasteiger partial charge in [-0.25, -0.2) is 9.97 Å². The Morgan fingerprint density at radius 3 is 2.21 bits per heavy atom. The number of para-hydroxylation sites is 1. The van der Waals surface area contributed by atoms with Crippen molar-refractivity contribution >= 4 is 46.3 Å². The van der Waals surface area contributed by atoms with E-state index in [9.17, 15) is 5.11 Å². The van der Waals surface area contributed by atoms with Crippen LogP contribution >= 0.6 is 24.0 Å². The lowest BCUT2D eigenvalue weighted by Gasteiger charge is -2.15. The van der Waals surface area contributed by atoms with E-state index in [1.165, 1.54) is 0 Å². The lowest BCUT2D eigenvalue weighted by atomic mass is 10.1. The molecule has 4 rings (SSSR count). The first-order valence-electron chi connectivity index (χ1n) is 10.6. The van der Waals surface area contributed by atoms with Crippen molar-refractivity contribution in [2.24, 2.45) is 0 Å². The minimum atomic E-state index is 0.00897. The molecular formula is C25H24N6OS2. The van der Waals surface area contributed by atoms with Crippen LogP contribution in [0.25, 0.3) is 22.6 Å². The number of hydrogen-bond donors (Lipinski definition) is 4. The van der Waals surface area contributed by atoms with E-state index in [-0.39, 0.29) is 6.61 Å². The summed E-state index contributed by atoms with van der Waals surface area (Å²) in [6.07, 6.45) is 5.48. The average Bonchev–Trinajstić information content (AvgIpc) is 2.88. The summed E-state index contributed by atoms with van der Waals surface area (Å²) >= 11 is 6.98. The predicted molar refractivity (Wildman–Crippen MR) is 144 cm³/mol. The molecule has 0 atom stereocenters. The molecule has 0 radical (unpaired) electrons. The monoisotopic (exact) mass is 488 g/mol. The van der Waals surface area contributed by atoms with E-state index < -0.39 is 0 Å². The normalized spacial score (nSPS) is 10.5. The van der Waals surface area contributed by atoms with Crippen LogP contribution in [0, 0.1) is 0 Å². The average molecular weight is 489 g/mol. The van der Waals surface area contributed by atoms with Crippen LogP contribution in [-0.4, -0.2) is 44.6 Å². The van der Waals surface area contributed by atoms with Crippen molar-refractivity contribution in [1.29, 1.82) is 0 Å². The summed E-state index contributed by atoms with van der Waals surface area (Å²) in [6.45, 7) is 0.406. The lowest BCUT2D eigenvalue weighted by molar-refractivity contribution is 0.311. The third-order valence-corrected chi connectivity index (χ3v) is 5.86. The Morgan fingerprint density at radius 2 is 1.56 bits per heavy atom. The molecule has 172 valence electrons. The van der Waals surface area contributed by atoms with Crippen LogP contribution in [0.2, 0.25) is 0 Å². The summed E-state index contributed by atoms with van der Waals surface area (Å²) in [5.41, 5.74) is 4.40. The van der Waals surface area contributed by atoms with Gasteiger partial charge in [0.1, 0.15) is 5.82 Å². The van der Waals surface area contributed by atoms with Crippen LogP contribution < -0.4 is 16.0 Å². The van der Waals surface area contributed by atoms with Crippen molar-refractivity contribution in [2.45, 2.75) is 4.90 Å². The highest BCUT2D eigenvalue weighted by atomic mass is 32.2. The number of anilines is 3. The van der Waals surface area contributed by atoms with E-state index in [1.54, 1.807) is 24.2 Å². The number of nitrogens with one attached hydrogen (secondary N) is 3. The van der Waals surface area contributed by atoms with Gasteiger partial charge in [-0.3, -0.25) is 4.98 Å². The second-order valence-corrected chi connectivity index (χ2v) is 8.41. The Kier molecular flexibility index (Phi) is 8.03. The van der Waals surface area contributed by atoms with Gasteiger partial charge in [0.25, 0.3) is 0 Å². The Balaban J connectivity index is 1.61. The van der Waals surface area contributed by atoms with Crippen LogP contribution in [-0.2, 0) is 0 Å². The van der Waals surface area contributed by atoms with Crippen molar-refractivity contribution in [3.63, 3.8) is 0 Å². The lowest BCUT2D eigenvalue weighted by Crippen LogP contribution is -2.18. The minimum Gasteiger partial charge on any atom is -0.395 e. The van der Waals surface area contributed by atoms with Crippen molar-refractivity contribution in [1.82, 2.24) is 15.0 Å². The summed E-state index contributed by atoms with van der Waals surface area (Å²) in [5, 5.41) is 19.4. The summed E-state index contributed by atoms with van der Waals surface area (Å²) in [5.74, 6) is 1.27. The molecule has 4 aromatic rings. The number of benzene rings is 2.